The predicted molar refractivity (Wildman–Crippen MR) is 88.9 cm³/mol. The van der Waals surface area contributed by atoms with Gasteiger partial charge >= 0.3 is 0 Å². The van der Waals surface area contributed by atoms with Gasteiger partial charge in [0.05, 0.1) is 23.8 Å². The highest BCUT2D eigenvalue weighted by Gasteiger charge is 2.08. The number of hydrogen-bond acceptors (Lipinski definition) is 4. The smallest absolute Gasteiger partial charge is 0.158 e. The van der Waals surface area contributed by atoms with E-state index in [9.17, 15) is 0 Å². The summed E-state index contributed by atoms with van der Waals surface area (Å²) < 4.78 is 3.81. The Bertz CT molecular complexity index is 907. The maximum Gasteiger partial charge on any atom is 0.158 e. The number of imidazole rings is 1. The molecular weight excluding hydrogens is 288 g/mol. The molecule has 0 N–H and O–H groups in total. The van der Waals surface area contributed by atoms with E-state index in [4.69, 9.17) is 0 Å². The van der Waals surface area contributed by atoms with Crippen LogP contribution in [0.2, 0.25) is 0 Å². The third kappa shape index (κ3) is 3.26. The highest BCUT2D eigenvalue weighted by atomic mass is 15.2. The van der Waals surface area contributed by atoms with Gasteiger partial charge in [-0.2, -0.15) is 5.10 Å². The molecule has 0 aromatic carbocycles. The molecule has 6 heteroatoms. The topological polar surface area (TPSA) is 60.9 Å². The number of aryl methyl sites for hydroxylation is 3. The first-order chi connectivity index (χ1) is 11.1. The van der Waals surface area contributed by atoms with Crippen molar-refractivity contribution in [2.24, 2.45) is 7.05 Å². The number of aromatic nitrogens is 6. The minimum atomic E-state index is 0.890. The normalized spacial score (nSPS) is 10.4. The van der Waals surface area contributed by atoms with Crippen LogP contribution in [-0.4, -0.2) is 29.1 Å². The lowest BCUT2D eigenvalue weighted by Gasteiger charge is -1.99. The van der Waals surface area contributed by atoms with Gasteiger partial charge in [0, 0.05) is 43.6 Å². The van der Waals surface area contributed by atoms with E-state index in [2.05, 4.69) is 20.1 Å². The third-order valence-electron chi connectivity index (χ3n) is 3.41. The molecule has 0 atom stereocenters. The van der Waals surface area contributed by atoms with Crippen molar-refractivity contribution < 1.29 is 0 Å². The molecule has 4 aromatic rings. The van der Waals surface area contributed by atoms with Crippen LogP contribution in [0.3, 0.4) is 0 Å². The Hall–Kier alpha value is -3.02. The van der Waals surface area contributed by atoms with E-state index in [1.807, 2.05) is 68.4 Å². The number of fused-ring (bicyclic) bond motifs is 1. The molecule has 4 aromatic heterocycles. The molecule has 6 nitrogen and oxygen atoms in total. The van der Waals surface area contributed by atoms with E-state index in [0.717, 1.165) is 22.6 Å². The number of hydrogen-bond donors (Lipinski definition) is 0. The van der Waals surface area contributed by atoms with Crippen LogP contribution < -0.4 is 0 Å². The van der Waals surface area contributed by atoms with Gasteiger partial charge in [-0.25, -0.2) is 4.98 Å². The van der Waals surface area contributed by atoms with Gasteiger partial charge in [-0.15, -0.1) is 0 Å². The van der Waals surface area contributed by atoms with Gasteiger partial charge in [-0.3, -0.25) is 19.1 Å². The van der Waals surface area contributed by atoms with Gasteiger partial charge in [0.15, 0.2) is 5.65 Å². The Balaban J connectivity index is 0.000000188. The lowest BCUT2D eigenvalue weighted by molar-refractivity contribution is 0.768. The largest absolute Gasteiger partial charge is 0.297 e. The molecule has 0 spiro atoms. The van der Waals surface area contributed by atoms with E-state index in [1.54, 1.807) is 17.1 Å². The lowest BCUT2D eigenvalue weighted by atomic mass is 10.3. The standard InChI is InChI=1S/C11H11N5.C6H7N/c1-8-11-13-6-10(16(11)4-3-12-8)9-5-14-15(2)7-9;1-6-3-2-4-7-5-6/h3-7H,1-2H3;2-5H,1H3. The van der Waals surface area contributed by atoms with Crippen molar-refractivity contribution in [3.8, 4) is 11.3 Å². The van der Waals surface area contributed by atoms with Crippen molar-refractivity contribution in [2.45, 2.75) is 13.8 Å². The SMILES string of the molecule is Cc1cccnc1.Cc1nccn2c(-c3cnn(C)c3)cnc12. The fourth-order valence-electron chi connectivity index (χ4n) is 2.26. The third-order valence-corrected chi connectivity index (χ3v) is 3.41. The zero-order valence-corrected chi connectivity index (χ0v) is 13.4. The van der Waals surface area contributed by atoms with E-state index in [-0.39, 0.29) is 0 Å². The summed E-state index contributed by atoms with van der Waals surface area (Å²) in [4.78, 5) is 12.5. The Labute approximate surface area is 134 Å². The minimum Gasteiger partial charge on any atom is -0.297 e. The number of pyridine rings is 1. The van der Waals surface area contributed by atoms with E-state index in [0.29, 0.717) is 0 Å². The average Bonchev–Trinajstić information content (AvgIpc) is 3.15. The molecule has 4 rings (SSSR count). The molecule has 4 heterocycles. The first kappa shape index (κ1) is 14.9. The second kappa shape index (κ2) is 6.39. The second-order valence-electron chi connectivity index (χ2n) is 5.28. The van der Waals surface area contributed by atoms with E-state index in [1.165, 1.54) is 5.56 Å². The minimum absolute atomic E-state index is 0.890. The van der Waals surface area contributed by atoms with E-state index < -0.39 is 0 Å². The summed E-state index contributed by atoms with van der Waals surface area (Å²) in [5.74, 6) is 0. The highest BCUT2D eigenvalue weighted by Crippen LogP contribution is 2.20. The van der Waals surface area contributed by atoms with Crippen LogP contribution in [0.1, 0.15) is 11.3 Å². The molecule has 0 fully saturated rings. The molecule has 0 amide bonds. The van der Waals surface area contributed by atoms with E-state index >= 15 is 0 Å². The quantitative estimate of drug-likeness (QED) is 0.542. The van der Waals surface area contributed by atoms with Crippen molar-refractivity contribution >= 4 is 5.65 Å². The first-order valence-corrected chi connectivity index (χ1v) is 7.29. The Morgan fingerprint density at radius 3 is 2.48 bits per heavy atom. The van der Waals surface area contributed by atoms with Crippen LogP contribution in [0.4, 0.5) is 0 Å². The van der Waals surface area contributed by atoms with Gasteiger partial charge in [0.25, 0.3) is 0 Å². The predicted octanol–water partition coefficient (Wildman–Crippen LogP) is 2.83. The van der Waals surface area contributed by atoms with Crippen LogP contribution in [0.15, 0.2) is 55.5 Å². The molecular formula is C17H18N6. The molecule has 0 bridgehead atoms. The molecule has 0 radical (unpaired) electrons. The van der Waals surface area contributed by atoms with Crippen LogP contribution in [0, 0.1) is 13.8 Å². The Morgan fingerprint density at radius 2 is 1.87 bits per heavy atom. The summed E-state index contributed by atoms with van der Waals surface area (Å²) in [6, 6.07) is 3.95. The molecule has 116 valence electrons. The van der Waals surface area contributed by atoms with Crippen LogP contribution >= 0.6 is 0 Å². The molecule has 0 unspecified atom stereocenters. The summed E-state index contributed by atoms with van der Waals surface area (Å²) in [5, 5.41) is 4.16. The van der Waals surface area contributed by atoms with Gasteiger partial charge in [-0.1, -0.05) is 6.07 Å². The van der Waals surface area contributed by atoms with Crippen LogP contribution in [0.5, 0.6) is 0 Å². The van der Waals surface area contributed by atoms with Gasteiger partial charge in [0.1, 0.15) is 0 Å². The Morgan fingerprint density at radius 1 is 1.00 bits per heavy atom. The van der Waals surface area contributed by atoms with Crippen molar-refractivity contribution in [2.75, 3.05) is 0 Å². The van der Waals surface area contributed by atoms with Crippen LogP contribution in [0.25, 0.3) is 16.9 Å². The van der Waals surface area contributed by atoms with Crippen molar-refractivity contribution in [1.82, 2.24) is 29.1 Å². The fraction of sp³-hybridized carbons (Fsp3) is 0.176. The summed E-state index contributed by atoms with van der Waals surface area (Å²) >= 11 is 0. The van der Waals surface area contributed by atoms with Crippen molar-refractivity contribution in [3.05, 3.63) is 66.8 Å². The maximum absolute atomic E-state index is 4.37. The fourth-order valence-corrected chi connectivity index (χ4v) is 2.26. The summed E-state index contributed by atoms with van der Waals surface area (Å²) in [5.41, 5.74) is 5.12. The summed E-state index contributed by atoms with van der Waals surface area (Å²) in [6.07, 6.45) is 13.0. The van der Waals surface area contributed by atoms with Crippen LogP contribution in [-0.2, 0) is 7.05 Å². The second-order valence-corrected chi connectivity index (χ2v) is 5.28. The average molecular weight is 306 g/mol. The maximum atomic E-state index is 4.37. The zero-order valence-electron chi connectivity index (χ0n) is 13.4. The number of rotatable bonds is 1. The molecule has 0 saturated heterocycles. The summed E-state index contributed by atoms with van der Waals surface area (Å²) in [7, 11) is 1.90. The zero-order chi connectivity index (χ0) is 16.2. The molecule has 0 aliphatic carbocycles. The molecule has 0 aliphatic heterocycles. The molecule has 0 aliphatic rings. The monoisotopic (exact) mass is 306 g/mol. The summed E-state index contributed by atoms with van der Waals surface area (Å²) in [6.45, 7) is 3.97. The van der Waals surface area contributed by atoms with Gasteiger partial charge in [-0.05, 0) is 25.5 Å². The number of nitrogens with zero attached hydrogens (tertiary/aromatic N) is 6. The van der Waals surface area contributed by atoms with Crippen molar-refractivity contribution in [3.63, 3.8) is 0 Å². The van der Waals surface area contributed by atoms with Gasteiger partial charge in [0.2, 0.25) is 0 Å². The highest BCUT2D eigenvalue weighted by molar-refractivity contribution is 5.62. The lowest BCUT2D eigenvalue weighted by Crippen LogP contribution is -1.92. The van der Waals surface area contributed by atoms with Crippen molar-refractivity contribution in [1.29, 1.82) is 0 Å². The molecule has 0 saturated carbocycles. The molecule has 23 heavy (non-hydrogen) atoms. The first-order valence-electron chi connectivity index (χ1n) is 7.29. The van der Waals surface area contributed by atoms with Gasteiger partial charge < -0.3 is 0 Å². The Kier molecular flexibility index (Phi) is 4.14.